The molecule has 2 nitrogen and oxygen atoms in total. The summed E-state index contributed by atoms with van der Waals surface area (Å²) in [6, 6.07) is 1.49. The summed E-state index contributed by atoms with van der Waals surface area (Å²) in [5.41, 5.74) is 0. The van der Waals surface area contributed by atoms with Crippen LogP contribution in [0.25, 0.3) is 0 Å². The van der Waals surface area contributed by atoms with Gasteiger partial charge >= 0.3 is 0 Å². The van der Waals surface area contributed by atoms with Crippen LogP contribution in [0.3, 0.4) is 0 Å². The fraction of sp³-hybridized carbons (Fsp3) is 0.833. The molecule has 3 atom stereocenters. The largest absolute Gasteiger partial charge is 0.381 e. The molecule has 2 heteroatoms. The van der Waals surface area contributed by atoms with E-state index in [2.05, 4.69) is 17.5 Å². The molecule has 0 amide bonds. The molecule has 1 saturated carbocycles. The maximum absolute atomic E-state index is 5.37. The smallest absolute Gasteiger partial charge is 0.0480 e. The first kappa shape index (κ1) is 8.93. The summed E-state index contributed by atoms with van der Waals surface area (Å²) in [5, 5.41) is 3.82. The summed E-state index contributed by atoms with van der Waals surface area (Å²) in [7, 11) is 0. The van der Waals surface area contributed by atoms with Crippen LogP contribution in [0.2, 0.25) is 0 Å². The van der Waals surface area contributed by atoms with Crippen LogP contribution < -0.4 is 5.32 Å². The van der Waals surface area contributed by atoms with Crippen molar-refractivity contribution in [2.24, 2.45) is 11.8 Å². The SMILES string of the molecule is C1=CC2CC1CC2NC1CCOCC1. The van der Waals surface area contributed by atoms with Gasteiger partial charge in [-0.25, -0.2) is 0 Å². The highest BCUT2D eigenvalue weighted by Crippen LogP contribution is 2.39. The molecule has 0 spiro atoms. The molecule has 0 aromatic heterocycles. The Balaban J connectivity index is 1.54. The fourth-order valence-electron chi connectivity index (χ4n) is 3.14. The monoisotopic (exact) mass is 193 g/mol. The number of hydrogen-bond acceptors (Lipinski definition) is 2. The van der Waals surface area contributed by atoms with Gasteiger partial charge in [-0.3, -0.25) is 0 Å². The molecule has 1 heterocycles. The lowest BCUT2D eigenvalue weighted by Gasteiger charge is -2.29. The Morgan fingerprint density at radius 1 is 1.07 bits per heavy atom. The Labute approximate surface area is 85.7 Å². The molecule has 1 aliphatic heterocycles. The second-order valence-corrected chi connectivity index (χ2v) is 4.94. The van der Waals surface area contributed by atoms with Gasteiger partial charge in [0, 0.05) is 25.3 Å². The van der Waals surface area contributed by atoms with Gasteiger partial charge in [0.15, 0.2) is 0 Å². The topological polar surface area (TPSA) is 21.3 Å². The van der Waals surface area contributed by atoms with Crippen molar-refractivity contribution in [2.75, 3.05) is 13.2 Å². The van der Waals surface area contributed by atoms with Gasteiger partial charge in [0.2, 0.25) is 0 Å². The van der Waals surface area contributed by atoms with E-state index in [0.717, 1.165) is 37.1 Å². The van der Waals surface area contributed by atoms with E-state index < -0.39 is 0 Å². The summed E-state index contributed by atoms with van der Waals surface area (Å²) < 4.78 is 5.37. The minimum Gasteiger partial charge on any atom is -0.381 e. The van der Waals surface area contributed by atoms with E-state index in [4.69, 9.17) is 4.74 Å². The molecule has 1 N–H and O–H groups in total. The van der Waals surface area contributed by atoms with Crippen molar-refractivity contribution in [3.05, 3.63) is 12.2 Å². The molecule has 0 aromatic carbocycles. The predicted octanol–water partition coefficient (Wildman–Crippen LogP) is 1.72. The van der Waals surface area contributed by atoms with Crippen molar-refractivity contribution >= 4 is 0 Å². The Morgan fingerprint density at radius 3 is 2.57 bits per heavy atom. The van der Waals surface area contributed by atoms with Gasteiger partial charge in [0.25, 0.3) is 0 Å². The zero-order valence-electron chi connectivity index (χ0n) is 8.61. The van der Waals surface area contributed by atoms with E-state index in [0.29, 0.717) is 0 Å². The standard InChI is InChI=1S/C12H19NO/c1-2-10-7-9(1)8-12(10)13-11-3-5-14-6-4-11/h1-2,9-13H,3-8H2. The second kappa shape index (κ2) is 3.67. The van der Waals surface area contributed by atoms with Gasteiger partial charge in [-0.1, -0.05) is 12.2 Å². The first-order chi connectivity index (χ1) is 6.92. The average Bonchev–Trinajstić information content (AvgIpc) is 2.81. The minimum absolute atomic E-state index is 0.724. The van der Waals surface area contributed by atoms with E-state index in [1.54, 1.807) is 0 Å². The lowest BCUT2D eigenvalue weighted by molar-refractivity contribution is 0.0738. The Bertz CT molecular complexity index is 232. The summed E-state index contributed by atoms with van der Waals surface area (Å²) in [6.07, 6.45) is 10.0. The van der Waals surface area contributed by atoms with Crippen LogP contribution in [0.4, 0.5) is 0 Å². The van der Waals surface area contributed by atoms with Crippen molar-refractivity contribution in [1.29, 1.82) is 0 Å². The van der Waals surface area contributed by atoms with Crippen molar-refractivity contribution in [1.82, 2.24) is 5.32 Å². The summed E-state index contributed by atoms with van der Waals surface area (Å²) in [5.74, 6) is 1.72. The highest BCUT2D eigenvalue weighted by atomic mass is 16.5. The molecule has 2 fully saturated rings. The predicted molar refractivity (Wildman–Crippen MR) is 56.1 cm³/mol. The first-order valence-electron chi connectivity index (χ1n) is 5.94. The van der Waals surface area contributed by atoms with E-state index in [-0.39, 0.29) is 0 Å². The molecule has 78 valence electrons. The van der Waals surface area contributed by atoms with Crippen LogP contribution in [0.1, 0.15) is 25.7 Å². The molecule has 3 aliphatic rings. The van der Waals surface area contributed by atoms with E-state index >= 15 is 0 Å². The minimum atomic E-state index is 0.724. The Morgan fingerprint density at radius 2 is 1.93 bits per heavy atom. The molecule has 0 aromatic rings. The number of nitrogens with one attached hydrogen (secondary N) is 1. The molecule has 3 rings (SSSR count). The van der Waals surface area contributed by atoms with E-state index in [1.807, 2.05) is 0 Å². The fourth-order valence-corrected chi connectivity index (χ4v) is 3.14. The number of fused-ring (bicyclic) bond motifs is 2. The van der Waals surface area contributed by atoms with Gasteiger partial charge in [-0.05, 0) is 37.5 Å². The summed E-state index contributed by atoms with van der Waals surface area (Å²) in [4.78, 5) is 0. The average molecular weight is 193 g/mol. The number of allylic oxidation sites excluding steroid dienone is 1. The third kappa shape index (κ3) is 1.61. The molecule has 14 heavy (non-hydrogen) atoms. The van der Waals surface area contributed by atoms with E-state index in [1.165, 1.54) is 25.7 Å². The molecular formula is C12H19NO. The molecule has 2 bridgehead atoms. The molecule has 3 unspecified atom stereocenters. The molecule has 0 radical (unpaired) electrons. The van der Waals surface area contributed by atoms with E-state index in [9.17, 15) is 0 Å². The van der Waals surface area contributed by atoms with Gasteiger partial charge < -0.3 is 10.1 Å². The van der Waals surface area contributed by atoms with Crippen LogP contribution in [0.15, 0.2) is 12.2 Å². The Kier molecular flexibility index (Phi) is 2.34. The zero-order chi connectivity index (χ0) is 9.38. The molecular weight excluding hydrogens is 174 g/mol. The van der Waals surface area contributed by atoms with Crippen molar-refractivity contribution < 1.29 is 4.74 Å². The third-order valence-corrected chi connectivity index (χ3v) is 3.95. The maximum atomic E-state index is 5.37. The zero-order valence-corrected chi connectivity index (χ0v) is 8.61. The highest BCUT2D eigenvalue weighted by Gasteiger charge is 2.36. The second-order valence-electron chi connectivity index (χ2n) is 4.94. The molecule has 2 aliphatic carbocycles. The number of hydrogen-bond donors (Lipinski definition) is 1. The summed E-state index contributed by atoms with van der Waals surface area (Å²) >= 11 is 0. The molecule has 1 saturated heterocycles. The van der Waals surface area contributed by atoms with Crippen LogP contribution in [-0.2, 0) is 4.74 Å². The van der Waals surface area contributed by atoms with Crippen LogP contribution in [0, 0.1) is 11.8 Å². The van der Waals surface area contributed by atoms with Gasteiger partial charge in [-0.2, -0.15) is 0 Å². The maximum Gasteiger partial charge on any atom is 0.0480 e. The Hall–Kier alpha value is -0.340. The van der Waals surface area contributed by atoms with Gasteiger partial charge in [-0.15, -0.1) is 0 Å². The van der Waals surface area contributed by atoms with Gasteiger partial charge in [0.1, 0.15) is 0 Å². The van der Waals surface area contributed by atoms with Crippen molar-refractivity contribution in [3.63, 3.8) is 0 Å². The van der Waals surface area contributed by atoms with Crippen LogP contribution >= 0.6 is 0 Å². The van der Waals surface area contributed by atoms with Gasteiger partial charge in [0.05, 0.1) is 0 Å². The lowest BCUT2D eigenvalue weighted by atomic mass is 9.99. The van der Waals surface area contributed by atoms with Crippen molar-refractivity contribution in [2.45, 2.75) is 37.8 Å². The van der Waals surface area contributed by atoms with Crippen LogP contribution in [-0.4, -0.2) is 25.3 Å². The van der Waals surface area contributed by atoms with Crippen LogP contribution in [0.5, 0.6) is 0 Å². The number of ether oxygens (including phenoxy) is 1. The normalized spacial score (nSPS) is 42.1. The lowest BCUT2D eigenvalue weighted by Crippen LogP contribution is -2.43. The quantitative estimate of drug-likeness (QED) is 0.674. The highest BCUT2D eigenvalue weighted by molar-refractivity contribution is 5.12. The van der Waals surface area contributed by atoms with Crippen molar-refractivity contribution in [3.8, 4) is 0 Å². The third-order valence-electron chi connectivity index (χ3n) is 3.95. The first-order valence-corrected chi connectivity index (χ1v) is 5.94. The summed E-state index contributed by atoms with van der Waals surface area (Å²) in [6.45, 7) is 1.91. The number of rotatable bonds is 2.